The molecule has 0 aliphatic heterocycles. The van der Waals surface area contributed by atoms with Gasteiger partial charge < -0.3 is 21.7 Å². The van der Waals surface area contributed by atoms with Crippen LogP contribution in [-0.4, -0.2) is 31.0 Å². The minimum Gasteiger partial charge on any atom is -0.397 e. The number of nitro groups is 1. The molecule has 7 nitrogen and oxygen atoms in total. The summed E-state index contributed by atoms with van der Waals surface area (Å²) in [6, 6.07) is 9.20. The van der Waals surface area contributed by atoms with E-state index < -0.39 is 0 Å². The van der Waals surface area contributed by atoms with E-state index in [2.05, 4.69) is 31.0 Å². The topological polar surface area (TPSA) is 110 Å². The zero-order valence-electron chi connectivity index (χ0n) is 19.1. The molecule has 0 bridgehead atoms. The smallest absolute Gasteiger partial charge is 0.274 e. The molecule has 164 valence electrons. The Bertz CT molecular complexity index is 919. The number of nitro benzene ring substituents is 1. The summed E-state index contributed by atoms with van der Waals surface area (Å²) in [6.45, 7) is 8.12. The van der Waals surface area contributed by atoms with Crippen LogP contribution in [0, 0.1) is 17.0 Å². The molecule has 0 aliphatic rings. The first-order valence-corrected chi connectivity index (χ1v) is 10.1. The average Bonchev–Trinajstić information content (AvgIpc) is 2.66. The summed E-state index contributed by atoms with van der Waals surface area (Å²) in [7, 11) is 5.84. The van der Waals surface area contributed by atoms with Crippen LogP contribution in [0.15, 0.2) is 30.3 Å². The molecule has 0 aromatic heterocycles. The van der Waals surface area contributed by atoms with E-state index in [1.165, 1.54) is 0 Å². The molecule has 0 aliphatic carbocycles. The lowest BCUT2D eigenvalue weighted by molar-refractivity contribution is -0.385. The molecule has 0 saturated heterocycles. The Labute approximate surface area is 179 Å². The molecular weight excluding hydrogens is 378 g/mol. The van der Waals surface area contributed by atoms with E-state index in [9.17, 15) is 10.1 Å². The highest BCUT2D eigenvalue weighted by atomic mass is 16.6. The molecule has 2 unspecified atom stereocenters. The van der Waals surface area contributed by atoms with Crippen molar-refractivity contribution in [3.8, 4) is 0 Å². The summed E-state index contributed by atoms with van der Waals surface area (Å²) in [6.07, 6.45) is 0.642. The van der Waals surface area contributed by atoms with E-state index in [-0.39, 0.29) is 28.1 Å². The van der Waals surface area contributed by atoms with Crippen LogP contribution in [0.2, 0.25) is 0 Å². The molecule has 2 aromatic carbocycles. The third-order valence-electron chi connectivity index (χ3n) is 5.85. The number of benzene rings is 2. The third kappa shape index (κ3) is 4.91. The normalized spacial score (nSPS) is 14.0. The first-order chi connectivity index (χ1) is 13.9. The van der Waals surface area contributed by atoms with Crippen molar-refractivity contribution in [2.24, 2.45) is 0 Å². The SMILES string of the molecule is CNC(CC(c1ccc(N)c(N)c1C)N(C)C)c1ccc(C(C)(C)C)cc1[N+](=O)[O-]. The van der Waals surface area contributed by atoms with Gasteiger partial charge in [0.1, 0.15) is 0 Å². The standard InChI is InChI=1S/C23H35N5O2/c1-14-16(10-11-18(24)22(14)25)20(27(6)7)13-19(26-5)17-9-8-15(23(2,3)4)12-21(17)28(29)30/h8-12,19-20,26H,13,24-25H2,1-7H3. The number of nitrogens with zero attached hydrogens (tertiary/aromatic N) is 2. The van der Waals surface area contributed by atoms with E-state index in [1.807, 2.05) is 52.3 Å². The first-order valence-electron chi connectivity index (χ1n) is 10.1. The van der Waals surface area contributed by atoms with E-state index in [0.29, 0.717) is 23.4 Å². The maximum Gasteiger partial charge on any atom is 0.274 e. The summed E-state index contributed by atoms with van der Waals surface area (Å²) in [4.78, 5) is 13.7. The molecule has 0 amide bonds. The van der Waals surface area contributed by atoms with E-state index in [1.54, 1.807) is 6.07 Å². The second kappa shape index (κ2) is 9.02. The number of nitrogens with two attached hydrogens (primary N) is 2. The van der Waals surface area contributed by atoms with Gasteiger partial charge >= 0.3 is 0 Å². The summed E-state index contributed by atoms with van der Waals surface area (Å²) >= 11 is 0. The molecular formula is C23H35N5O2. The monoisotopic (exact) mass is 413 g/mol. The number of anilines is 2. The van der Waals surface area contributed by atoms with Gasteiger partial charge in [0.15, 0.2) is 0 Å². The first kappa shape index (κ1) is 23.6. The predicted octanol–water partition coefficient (Wildman–Crippen LogP) is 4.32. The van der Waals surface area contributed by atoms with Crippen LogP contribution in [-0.2, 0) is 5.41 Å². The van der Waals surface area contributed by atoms with Crippen LogP contribution < -0.4 is 16.8 Å². The maximum atomic E-state index is 11.9. The van der Waals surface area contributed by atoms with Gasteiger partial charge in [-0.15, -0.1) is 0 Å². The highest BCUT2D eigenvalue weighted by Gasteiger charge is 2.28. The average molecular weight is 414 g/mol. The molecule has 7 heteroatoms. The number of nitrogen functional groups attached to an aromatic ring is 2. The lowest BCUT2D eigenvalue weighted by Gasteiger charge is -2.31. The predicted molar refractivity (Wildman–Crippen MR) is 125 cm³/mol. The Morgan fingerprint density at radius 2 is 1.73 bits per heavy atom. The van der Waals surface area contributed by atoms with Crippen LogP contribution in [0.25, 0.3) is 0 Å². The minimum absolute atomic E-state index is 0.00671. The van der Waals surface area contributed by atoms with Crippen molar-refractivity contribution in [2.75, 3.05) is 32.6 Å². The van der Waals surface area contributed by atoms with Gasteiger partial charge in [-0.05, 0) is 62.7 Å². The van der Waals surface area contributed by atoms with Crippen molar-refractivity contribution in [2.45, 2.75) is 51.6 Å². The van der Waals surface area contributed by atoms with Gasteiger partial charge in [0.25, 0.3) is 5.69 Å². The molecule has 0 heterocycles. The van der Waals surface area contributed by atoms with Gasteiger partial charge in [0.05, 0.1) is 16.3 Å². The van der Waals surface area contributed by atoms with Crippen molar-refractivity contribution in [3.05, 3.63) is 62.7 Å². The second-order valence-corrected chi connectivity index (χ2v) is 9.12. The summed E-state index contributed by atoms with van der Waals surface area (Å²) in [5, 5.41) is 15.2. The number of nitrogens with one attached hydrogen (secondary N) is 1. The number of rotatable bonds is 7. The van der Waals surface area contributed by atoms with Crippen LogP contribution in [0.3, 0.4) is 0 Å². The van der Waals surface area contributed by atoms with Crippen LogP contribution in [0.4, 0.5) is 17.1 Å². The van der Waals surface area contributed by atoms with Crippen molar-refractivity contribution in [1.29, 1.82) is 0 Å². The van der Waals surface area contributed by atoms with Gasteiger partial charge in [0, 0.05) is 23.7 Å². The molecule has 5 N–H and O–H groups in total. The fourth-order valence-corrected chi connectivity index (χ4v) is 3.83. The molecule has 2 rings (SSSR count). The Morgan fingerprint density at radius 1 is 1.13 bits per heavy atom. The van der Waals surface area contributed by atoms with Crippen molar-refractivity contribution < 1.29 is 4.92 Å². The Kier molecular flexibility index (Phi) is 7.10. The molecule has 0 fully saturated rings. The highest BCUT2D eigenvalue weighted by Crippen LogP contribution is 2.38. The van der Waals surface area contributed by atoms with Crippen molar-refractivity contribution >= 4 is 17.1 Å². The largest absolute Gasteiger partial charge is 0.397 e. The number of hydrogen-bond acceptors (Lipinski definition) is 6. The summed E-state index contributed by atoms with van der Waals surface area (Å²) in [5.74, 6) is 0. The van der Waals surface area contributed by atoms with Crippen molar-refractivity contribution in [1.82, 2.24) is 10.2 Å². The van der Waals surface area contributed by atoms with E-state index in [4.69, 9.17) is 11.5 Å². The number of hydrogen-bond donors (Lipinski definition) is 3. The second-order valence-electron chi connectivity index (χ2n) is 9.12. The highest BCUT2D eigenvalue weighted by molar-refractivity contribution is 5.69. The van der Waals surface area contributed by atoms with E-state index in [0.717, 1.165) is 16.7 Å². The van der Waals surface area contributed by atoms with Gasteiger partial charge in [0.2, 0.25) is 0 Å². The molecule has 0 spiro atoms. The molecule has 2 aromatic rings. The van der Waals surface area contributed by atoms with Crippen LogP contribution in [0.1, 0.15) is 61.5 Å². The maximum absolute atomic E-state index is 11.9. The van der Waals surface area contributed by atoms with Gasteiger partial charge in [-0.1, -0.05) is 39.0 Å². The van der Waals surface area contributed by atoms with Gasteiger partial charge in [-0.2, -0.15) is 0 Å². The fraction of sp³-hybridized carbons (Fsp3) is 0.478. The Hall–Kier alpha value is -2.64. The Balaban J connectivity index is 2.51. The third-order valence-corrected chi connectivity index (χ3v) is 5.85. The molecule has 0 radical (unpaired) electrons. The van der Waals surface area contributed by atoms with Gasteiger partial charge in [-0.25, -0.2) is 0 Å². The fourth-order valence-electron chi connectivity index (χ4n) is 3.83. The van der Waals surface area contributed by atoms with Crippen LogP contribution in [0.5, 0.6) is 0 Å². The lowest BCUT2D eigenvalue weighted by Crippen LogP contribution is -2.28. The zero-order chi connectivity index (χ0) is 22.8. The molecule has 0 saturated carbocycles. The Morgan fingerprint density at radius 3 is 2.23 bits per heavy atom. The summed E-state index contributed by atoms with van der Waals surface area (Å²) < 4.78 is 0. The summed E-state index contributed by atoms with van der Waals surface area (Å²) in [5.41, 5.74) is 16.9. The van der Waals surface area contributed by atoms with Crippen molar-refractivity contribution in [3.63, 3.8) is 0 Å². The lowest BCUT2D eigenvalue weighted by atomic mass is 9.84. The minimum atomic E-state index is -0.286. The molecule has 30 heavy (non-hydrogen) atoms. The van der Waals surface area contributed by atoms with E-state index >= 15 is 0 Å². The zero-order valence-corrected chi connectivity index (χ0v) is 19.1. The van der Waals surface area contributed by atoms with Gasteiger partial charge in [-0.3, -0.25) is 10.1 Å². The quantitative estimate of drug-likeness (QED) is 0.354. The molecule has 2 atom stereocenters. The van der Waals surface area contributed by atoms with Crippen LogP contribution >= 0.6 is 0 Å².